The third-order valence-corrected chi connectivity index (χ3v) is 5.72. The molecule has 0 saturated carbocycles. The predicted octanol–water partition coefficient (Wildman–Crippen LogP) is 4.26. The second-order valence-corrected chi connectivity index (χ2v) is 7.51. The third kappa shape index (κ3) is 3.48. The number of likely N-dealkylation sites (N-methyl/N-ethyl adjacent to an activating group) is 1. The summed E-state index contributed by atoms with van der Waals surface area (Å²) in [6.45, 7) is 3.49. The quantitative estimate of drug-likeness (QED) is 0.669. The molecule has 0 saturated heterocycles. The summed E-state index contributed by atoms with van der Waals surface area (Å²) < 4.78 is 5.30. The van der Waals surface area contributed by atoms with Gasteiger partial charge in [0.25, 0.3) is 0 Å². The van der Waals surface area contributed by atoms with Crippen molar-refractivity contribution in [2.75, 3.05) is 25.6 Å². The Morgan fingerprint density at radius 3 is 2.68 bits per heavy atom. The van der Waals surface area contributed by atoms with Crippen LogP contribution in [-0.4, -0.2) is 37.6 Å². The minimum Gasteiger partial charge on any atom is -0.497 e. The van der Waals surface area contributed by atoms with Crippen molar-refractivity contribution in [1.82, 2.24) is 4.90 Å². The number of anilines is 1. The molecule has 4 rings (SSSR count). The van der Waals surface area contributed by atoms with Crippen LogP contribution >= 0.6 is 0 Å². The average molecular weight is 374 g/mol. The first-order valence-electron chi connectivity index (χ1n) is 9.73. The molecule has 28 heavy (non-hydrogen) atoms. The smallest absolute Gasteiger partial charge is 0.244 e. The third-order valence-electron chi connectivity index (χ3n) is 5.72. The molecule has 1 amide bonds. The van der Waals surface area contributed by atoms with Gasteiger partial charge < -0.3 is 9.64 Å². The number of carbonyl (C=O) groups excluding carboxylic acids is 1. The summed E-state index contributed by atoms with van der Waals surface area (Å²) in [5.74, 6) is 1.03. The molecular weight excluding hydrogens is 348 g/mol. The molecule has 0 aliphatic carbocycles. The van der Waals surface area contributed by atoms with Crippen LogP contribution in [0.3, 0.4) is 0 Å². The molecule has 4 heteroatoms. The van der Waals surface area contributed by atoms with Crippen LogP contribution in [0.2, 0.25) is 0 Å². The normalized spacial score (nSPS) is 14.4. The van der Waals surface area contributed by atoms with Gasteiger partial charge >= 0.3 is 0 Å². The number of amides is 1. The number of hydrogen-bond acceptors (Lipinski definition) is 3. The number of methoxy groups -OCH3 is 1. The van der Waals surface area contributed by atoms with E-state index in [9.17, 15) is 4.79 Å². The Labute approximate surface area is 166 Å². The van der Waals surface area contributed by atoms with Crippen molar-refractivity contribution in [1.29, 1.82) is 0 Å². The van der Waals surface area contributed by atoms with E-state index in [1.165, 1.54) is 16.5 Å². The van der Waals surface area contributed by atoms with Crippen LogP contribution in [0.1, 0.15) is 18.1 Å². The van der Waals surface area contributed by atoms with E-state index >= 15 is 0 Å². The van der Waals surface area contributed by atoms with Gasteiger partial charge in [0.05, 0.1) is 13.2 Å². The van der Waals surface area contributed by atoms with Crippen molar-refractivity contribution < 1.29 is 9.53 Å². The summed E-state index contributed by atoms with van der Waals surface area (Å²) in [7, 11) is 3.70. The highest BCUT2D eigenvalue weighted by atomic mass is 16.5. The zero-order valence-corrected chi connectivity index (χ0v) is 16.7. The van der Waals surface area contributed by atoms with Crippen LogP contribution < -0.4 is 9.64 Å². The van der Waals surface area contributed by atoms with E-state index in [4.69, 9.17) is 4.74 Å². The van der Waals surface area contributed by atoms with Crippen molar-refractivity contribution in [2.45, 2.75) is 25.9 Å². The van der Waals surface area contributed by atoms with Crippen LogP contribution in [0.25, 0.3) is 10.8 Å². The minimum atomic E-state index is -0.183. The standard InChI is InChI=1S/C24H26N2O2/c1-17(24(27)26-13-12-19-6-4-5-7-23(19)26)25(2)16-18-8-9-21-15-22(28-3)11-10-20(21)14-18/h4-11,14-15,17H,12-13,16H2,1-3H3. The minimum absolute atomic E-state index is 0.165. The molecule has 1 atom stereocenters. The molecule has 0 fully saturated rings. The predicted molar refractivity (Wildman–Crippen MR) is 114 cm³/mol. The molecule has 0 bridgehead atoms. The summed E-state index contributed by atoms with van der Waals surface area (Å²) in [5, 5.41) is 2.34. The Balaban J connectivity index is 1.48. The Bertz CT molecular complexity index is 1010. The fourth-order valence-corrected chi connectivity index (χ4v) is 3.90. The molecule has 1 unspecified atom stereocenters. The van der Waals surface area contributed by atoms with E-state index in [1.54, 1.807) is 7.11 Å². The zero-order valence-electron chi connectivity index (χ0n) is 16.7. The monoisotopic (exact) mass is 374 g/mol. The maximum Gasteiger partial charge on any atom is 0.244 e. The van der Waals surface area contributed by atoms with Gasteiger partial charge in [0.2, 0.25) is 5.91 Å². The number of carbonyl (C=O) groups is 1. The van der Waals surface area contributed by atoms with Crippen molar-refractivity contribution in [3.63, 3.8) is 0 Å². The summed E-state index contributed by atoms with van der Waals surface area (Å²) in [4.78, 5) is 17.1. The lowest BCUT2D eigenvalue weighted by molar-refractivity contribution is -0.122. The Morgan fingerprint density at radius 1 is 1.11 bits per heavy atom. The van der Waals surface area contributed by atoms with Gasteiger partial charge in [0, 0.05) is 18.8 Å². The highest BCUT2D eigenvalue weighted by Crippen LogP contribution is 2.28. The Hall–Kier alpha value is -2.85. The van der Waals surface area contributed by atoms with Crippen LogP contribution in [-0.2, 0) is 17.8 Å². The van der Waals surface area contributed by atoms with Crippen LogP contribution in [0.5, 0.6) is 5.75 Å². The fraction of sp³-hybridized carbons (Fsp3) is 0.292. The largest absolute Gasteiger partial charge is 0.497 e. The van der Waals surface area contributed by atoms with Crippen molar-refractivity contribution in [2.24, 2.45) is 0 Å². The Kier molecular flexibility index (Phi) is 5.05. The van der Waals surface area contributed by atoms with E-state index in [0.29, 0.717) is 0 Å². The first-order valence-corrected chi connectivity index (χ1v) is 9.73. The molecule has 4 nitrogen and oxygen atoms in total. The molecule has 0 spiro atoms. The van der Waals surface area contributed by atoms with E-state index in [0.717, 1.165) is 36.3 Å². The number of nitrogens with zero attached hydrogens (tertiary/aromatic N) is 2. The van der Waals surface area contributed by atoms with Crippen molar-refractivity contribution >= 4 is 22.4 Å². The highest BCUT2D eigenvalue weighted by Gasteiger charge is 2.29. The molecule has 0 radical (unpaired) electrons. The van der Waals surface area contributed by atoms with Gasteiger partial charge in [-0.1, -0.05) is 36.4 Å². The molecule has 1 heterocycles. The fourth-order valence-electron chi connectivity index (χ4n) is 3.90. The molecule has 144 valence electrons. The summed E-state index contributed by atoms with van der Waals surface area (Å²) in [6, 6.07) is 20.5. The maximum absolute atomic E-state index is 13.1. The average Bonchev–Trinajstić information content (AvgIpc) is 3.16. The number of ether oxygens (including phenoxy) is 1. The van der Waals surface area contributed by atoms with Gasteiger partial charge in [-0.05, 0) is 66.6 Å². The molecular formula is C24H26N2O2. The lowest BCUT2D eigenvalue weighted by atomic mass is 10.1. The van der Waals surface area contributed by atoms with Crippen LogP contribution in [0.15, 0.2) is 60.7 Å². The maximum atomic E-state index is 13.1. The number of hydrogen-bond donors (Lipinski definition) is 0. The number of benzene rings is 3. The lowest BCUT2D eigenvalue weighted by Crippen LogP contribution is -2.45. The highest BCUT2D eigenvalue weighted by molar-refractivity contribution is 5.98. The van der Waals surface area contributed by atoms with Crippen molar-refractivity contribution in [3.05, 3.63) is 71.8 Å². The topological polar surface area (TPSA) is 32.8 Å². The first-order chi connectivity index (χ1) is 13.6. The molecule has 1 aliphatic heterocycles. The van der Waals surface area contributed by atoms with Gasteiger partial charge in [-0.15, -0.1) is 0 Å². The molecule has 1 aliphatic rings. The molecule has 3 aromatic carbocycles. The summed E-state index contributed by atoms with van der Waals surface area (Å²) in [6.07, 6.45) is 0.937. The second-order valence-electron chi connectivity index (χ2n) is 7.51. The molecule has 3 aromatic rings. The van der Waals surface area contributed by atoms with Gasteiger partial charge in [0.1, 0.15) is 5.75 Å². The zero-order chi connectivity index (χ0) is 19.7. The van der Waals surface area contributed by atoms with Gasteiger partial charge in [-0.3, -0.25) is 9.69 Å². The number of para-hydroxylation sites is 1. The SMILES string of the molecule is COc1ccc2cc(CN(C)C(C)C(=O)N3CCc4ccccc43)ccc2c1. The molecule has 0 aromatic heterocycles. The summed E-state index contributed by atoms with van der Waals surface area (Å²) in [5.41, 5.74) is 3.52. The first kappa shape index (κ1) is 18.5. The van der Waals surface area contributed by atoms with Gasteiger partial charge in [-0.2, -0.15) is 0 Å². The van der Waals surface area contributed by atoms with Gasteiger partial charge in [0.15, 0.2) is 0 Å². The summed E-state index contributed by atoms with van der Waals surface area (Å²) >= 11 is 0. The van der Waals surface area contributed by atoms with Gasteiger partial charge in [-0.25, -0.2) is 0 Å². The van der Waals surface area contributed by atoms with Crippen molar-refractivity contribution in [3.8, 4) is 5.75 Å². The lowest BCUT2D eigenvalue weighted by Gasteiger charge is -2.28. The van der Waals surface area contributed by atoms with Crippen LogP contribution in [0.4, 0.5) is 5.69 Å². The molecule has 0 N–H and O–H groups in total. The second kappa shape index (κ2) is 7.64. The van der Waals surface area contributed by atoms with E-state index in [1.807, 2.05) is 49.2 Å². The van der Waals surface area contributed by atoms with E-state index in [2.05, 4.69) is 35.2 Å². The van der Waals surface area contributed by atoms with Crippen LogP contribution in [0, 0.1) is 0 Å². The van der Waals surface area contributed by atoms with E-state index in [-0.39, 0.29) is 11.9 Å². The van der Waals surface area contributed by atoms with E-state index < -0.39 is 0 Å². The Morgan fingerprint density at radius 2 is 1.86 bits per heavy atom. The number of rotatable bonds is 5. The number of fused-ring (bicyclic) bond motifs is 2.